The van der Waals surface area contributed by atoms with E-state index in [1.807, 2.05) is 187 Å². The van der Waals surface area contributed by atoms with Crippen LogP contribution in [0.5, 0.6) is 11.5 Å². The lowest BCUT2D eigenvalue weighted by molar-refractivity contribution is 0.310. The number of nitrogens with zero attached hydrogens (tertiary/aromatic N) is 17. The smallest absolute Gasteiger partial charge is 0.232 e. The van der Waals surface area contributed by atoms with Crippen molar-refractivity contribution in [2.45, 2.75) is 59.3 Å². The third-order valence-electron chi connectivity index (χ3n) is 14.9. The van der Waals surface area contributed by atoms with Gasteiger partial charge in [-0.25, -0.2) is 0 Å². The number of benzene rings is 8. The van der Waals surface area contributed by atoms with E-state index in [0.29, 0.717) is 84.6 Å². The minimum atomic E-state index is 0.155. The molecule has 4 aromatic heterocycles. The number of nitrogens with two attached hydrogens (primary N) is 4. The van der Waals surface area contributed by atoms with Crippen LogP contribution >= 0.6 is 0 Å². The number of aryl methyl sites for hydroxylation is 1. The van der Waals surface area contributed by atoms with E-state index >= 15 is 0 Å². The number of nitrogens with one attached hydrogen (secondary N) is 4. The van der Waals surface area contributed by atoms with Gasteiger partial charge in [0.1, 0.15) is 34.8 Å². The van der Waals surface area contributed by atoms with E-state index in [1.54, 1.807) is 32.4 Å². The SMILES string of the molecule is CN(Cc1ccccc1)Cc1nc(N)nc(Nc2cccc(C#N)c2)n1.COc1cccc(Nc2nc(N)nc(CN(C)Cc3ccccc3)n2)c1.COc1ccccc1Nc1nc(N)nc(CN(C)Cc2ccccc2)n1.Cc1ccc(Nc2nc(N)nc(CN(C)Cc3ccccc3)n2)cc1. The summed E-state index contributed by atoms with van der Waals surface area (Å²) >= 11 is 0. The van der Waals surface area contributed by atoms with Crippen LogP contribution in [0.2, 0.25) is 0 Å². The first-order chi connectivity index (χ1) is 50.0. The molecule has 0 fully saturated rings. The number of aromatic nitrogens is 12. The van der Waals surface area contributed by atoms with Crippen LogP contribution in [0, 0.1) is 18.3 Å². The highest BCUT2D eigenvalue weighted by Gasteiger charge is 2.15. The fourth-order valence-electron chi connectivity index (χ4n) is 10.3. The second-order valence-corrected chi connectivity index (χ2v) is 23.9. The monoisotopic (exact) mass is 1380 g/mol. The fraction of sp³-hybridized carbons (Fsp3) is 0.197. The van der Waals surface area contributed by atoms with E-state index in [1.165, 1.54) is 27.8 Å². The summed E-state index contributed by atoms with van der Waals surface area (Å²) in [6, 6.07) is 73.2. The Morgan fingerprint density at radius 2 is 0.680 bits per heavy atom. The Balaban J connectivity index is 0.000000160. The minimum absolute atomic E-state index is 0.155. The van der Waals surface area contributed by atoms with Gasteiger partial charge in [-0.1, -0.05) is 163 Å². The lowest BCUT2D eigenvalue weighted by Crippen LogP contribution is -2.20. The molecule has 103 heavy (non-hydrogen) atoms. The van der Waals surface area contributed by atoms with Crippen LogP contribution in [0.25, 0.3) is 0 Å². The first-order valence-electron chi connectivity index (χ1n) is 32.8. The molecule has 0 amide bonds. The van der Waals surface area contributed by atoms with Crippen LogP contribution in [0.15, 0.2) is 218 Å². The van der Waals surface area contributed by atoms with Gasteiger partial charge in [0, 0.05) is 49.3 Å². The molecular weight excluding hydrogens is 1300 g/mol. The summed E-state index contributed by atoms with van der Waals surface area (Å²) in [5, 5.41) is 21.5. The molecule has 4 heterocycles. The highest BCUT2D eigenvalue weighted by Crippen LogP contribution is 2.27. The maximum absolute atomic E-state index is 8.99. The first kappa shape index (κ1) is 74.4. The average Bonchev–Trinajstić information content (AvgIpc) is 0.960. The van der Waals surface area contributed by atoms with Crippen LogP contribution in [0.1, 0.15) is 56.7 Å². The number of ether oxygens (including phenoxy) is 2. The Hall–Kier alpha value is -12.9. The Morgan fingerprint density at radius 3 is 1.05 bits per heavy atom. The normalized spacial score (nSPS) is 10.7. The standard InChI is InChI=1S/C19H19N7.2C19H22N6O.C19H22N6/c1-26(12-14-6-3-2-4-7-14)13-17-23-18(21)25-19(24-17)22-16-9-5-8-15(10-16)11-20;1-25(12-14-8-4-3-5-9-14)13-17-22-18(20)24-19(23-17)21-15-10-6-7-11-16(15)26-2;1-25(12-14-7-4-3-5-8-14)13-17-22-18(20)24-19(23-17)21-15-9-6-10-16(11-15)26-2;1-14-8-10-16(11-9-14)21-19-23-17(22-18(20)24-19)13-25(2)12-15-6-4-3-5-7-15/h2-10H,12-13H2,1H3,(H3,21,22,23,24,25);2*3-11H,12-13H2,1-2H3,(H3,20,21,22,23,24);3-11H,12-13H2,1-2H3,(H3,20,21,22,23,24). The average molecular weight is 1380 g/mol. The van der Waals surface area contributed by atoms with Gasteiger partial charge >= 0.3 is 0 Å². The van der Waals surface area contributed by atoms with Crippen molar-refractivity contribution in [3.05, 3.63) is 275 Å². The van der Waals surface area contributed by atoms with Crippen molar-refractivity contribution < 1.29 is 9.47 Å². The summed E-state index contributed by atoms with van der Waals surface area (Å²) in [5.41, 5.74) is 33.3. The minimum Gasteiger partial charge on any atom is -0.497 e. The number of methoxy groups -OCH3 is 2. The third-order valence-corrected chi connectivity index (χ3v) is 14.9. The van der Waals surface area contributed by atoms with Crippen LogP contribution in [0.3, 0.4) is 0 Å². The van der Waals surface area contributed by atoms with E-state index in [2.05, 4.69) is 155 Å². The predicted molar refractivity (Wildman–Crippen MR) is 405 cm³/mol. The lowest BCUT2D eigenvalue weighted by atomic mass is 10.2. The second kappa shape index (κ2) is 38.5. The Kier molecular flexibility index (Phi) is 27.8. The van der Waals surface area contributed by atoms with Gasteiger partial charge in [0.05, 0.1) is 57.7 Å². The van der Waals surface area contributed by atoms with Crippen molar-refractivity contribution >= 4 is 70.3 Å². The molecule has 0 bridgehead atoms. The molecule has 526 valence electrons. The van der Waals surface area contributed by atoms with E-state index in [-0.39, 0.29) is 23.8 Å². The Labute approximate surface area is 600 Å². The van der Waals surface area contributed by atoms with Crippen molar-refractivity contribution in [1.29, 1.82) is 5.26 Å². The summed E-state index contributed by atoms with van der Waals surface area (Å²) in [6.45, 7) is 7.47. The Bertz CT molecular complexity index is 4620. The van der Waals surface area contributed by atoms with E-state index < -0.39 is 0 Å². The van der Waals surface area contributed by atoms with Gasteiger partial charge in [-0.3, -0.25) is 19.6 Å². The lowest BCUT2D eigenvalue weighted by Gasteiger charge is -2.16. The summed E-state index contributed by atoms with van der Waals surface area (Å²) in [5.74, 6) is 6.25. The number of para-hydroxylation sites is 2. The van der Waals surface area contributed by atoms with Crippen molar-refractivity contribution in [3.63, 3.8) is 0 Å². The van der Waals surface area contributed by atoms with Gasteiger partial charge in [0.15, 0.2) is 0 Å². The largest absolute Gasteiger partial charge is 0.497 e. The quantitative estimate of drug-likeness (QED) is 0.0250. The molecule has 27 heteroatoms. The highest BCUT2D eigenvalue weighted by molar-refractivity contribution is 5.63. The summed E-state index contributed by atoms with van der Waals surface area (Å²) in [4.78, 5) is 59.9. The molecule has 0 spiro atoms. The zero-order valence-electron chi connectivity index (χ0n) is 58.7. The number of nitrogen functional groups attached to an aromatic ring is 4. The van der Waals surface area contributed by atoms with E-state index in [4.69, 9.17) is 37.7 Å². The molecule has 0 saturated heterocycles. The highest BCUT2D eigenvalue weighted by atomic mass is 16.5. The zero-order valence-corrected chi connectivity index (χ0v) is 58.7. The molecule has 0 radical (unpaired) electrons. The molecule has 0 aliphatic rings. The molecule has 12 rings (SSSR count). The van der Waals surface area contributed by atoms with Crippen molar-refractivity contribution in [2.24, 2.45) is 0 Å². The summed E-state index contributed by atoms with van der Waals surface area (Å²) < 4.78 is 10.6. The molecular formula is C76H85N25O2. The predicted octanol–water partition coefficient (Wildman–Crippen LogP) is 11.5. The van der Waals surface area contributed by atoms with Gasteiger partial charge in [-0.15, -0.1) is 0 Å². The van der Waals surface area contributed by atoms with Gasteiger partial charge in [0.2, 0.25) is 47.6 Å². The molecule has 0 unspecified atom stereocenters. The van der Waals surface area contributed by atoms with Crippen LogP contribution < -0.4 is 53.7 Å². The topological polar surface area (TPSA) is 362 Å². The molecule has 12 N–H and O–H groups in total. The maximum Gasteiger partial charge on any atom is 0.232 e. The summed E-state index contributed by atoms with van der Waals surface area (Å²) in [7, 11) is 11.3. The zero-order chi connectivity index (χ0) is 72.7. The summed E-state index contributed by atoms with van der Waals surface area (Å²) in [6.07, 6.45) is 0. The third kappa shape index (κ3) is 25.7. The Morgan fingerprint density at radius 1 is 0.340 bits per heavy atom. The van der Waals surface area contributed by atoms with Gasteiger partial charge in [0.25, 0.3) is 0 Å². The van der Waals surface area contributed by atoms with Gasteiger partial charge in [-0.05, 0) is 112 Å². The number of rotatable bonds is 26. The van der Waals surface area contributed by atoms with Gasteiger partial charge in [-0.2, -0.15) is 65.1 Å². The molecule has 0 aliphatic heterocycles. The van der Waals surface area contributed by atoms with Crippen LogP contribution in [-0.4, -0.2) is 122 Å². The molecule has 0 atom stereocenters. The molecule has 0 saturated carbocycles. The van der Waals surface area contributed by atoms with Crippen molar-refractivity contribution in [1.82, 2.24) is 79.4 Å². The van der Waals surface area contributed by atoms with Crippen molar-refractivity contribution in [2.75, 3.05) is 86.6 Å². The molecule has 27 nitrogen and oxygen atoms in total. The van der Waals surface area contributed by atoms with Crippen LogP contribution in [0.4, 0.5) is 70.3 Å². The van der Waals surface area contributed by atoms with E-state index in [9.17, 15) is 0 Å². The van der Waals surface area contributed by atoms with Gasteiger partial charge < -0.3 is 53.7 Å². The van der Waals surface area contributed by atoms with Crippen LogP contribution in [-0.2, 0) is 52.4 Å². The van der Waals surface area contributed by atoms with E-state index in [0.717, 1.165) is 54.7 Å². The second-order valence-electron chi connectivity index (χ2n) is 23.9. The number of anilines is 12. The first-order valence-corrected chi connectivity index (χ1v) is 32.8. The molecule has 0 aliphatic carbocycles. The molecule has 8 aromatic carbocycles. The number of hydrogen-bond donors (Lipinski definition) is 8. The van der Waals surface area contributed by atoms with Crippen molar-refractivity contribution in [3.8, 4) is 17.6 Å². The number of nitriles is 1. The maximum atomic E-state index is 8.99. The molecule has 12 aromatic rings. The fourth-order valence-corrected chi connectivity index (χ4v) is 10.3. The number of hydrogen-bond acceptors (Lipinski definition) is 27.